The van der Waals surface area contributed by atoms with E-state index in [0.29, 0.717) is 56.4 Å². The average Bonchev–Trinajstić information content (AvgIpc) is 3.44. The van der Waals surface area contributed by atoms with Gasteiger partial charge >= 0.3 is 0 Å². The van der Waals surface area contributed by atoms with Crippen LogP contribution in [0.2, 0.25) is 0 Å². The fourth-order valence-electron chi connectivity index (χ4n) is 9.52. The number of carbonyl (C=O) groups is 1. The van der Waals surface area contributed by atoms with Gasteiger partial charge in [-0.25, -0.2) is 0 Å². The van der Waals surface area contributed by atoms with E-state index in [2.05, 4.69) is 114 Å². The van der Waals surface area contributed by atoms with E-state index >= 15 is 0 Å². The van der Waals surface area contributed by atoms with Gasteiger partial charge in [0.2, 0.25) is 0 Å². The fourth-order valence-corrected chi connectivity index (χ4v) is 9.52. The Kier molecular flexibility index (Phi) is 15.4. The summed E-state index contributed by atoms with van der Waals surface area (Å²) >= 11 is 0. The number of benzene rings is 8. The van der Waals surface area contributed by atoms with Crippen molar-refractivity contribution in [2.75, 3.05) is 0 Å². The molecule has 0 aromatic heterocycles. The minimum Gasteiger partial charge on any atom is -0.483 e. The molecule has 7 nitrogen and oxygen atoms in total. The molecule has 0 fully saturated rings. The number of ketones is 1. The first kappa shape index (κ1) is 53.0. The Balaban J connectivity index is 0.845. The van der Waals surface area contributed by atoms with E-state index in [1.54, 1.807) is 36.4 Å². The smallest absolute Gasteiger partial charge is 0.193 e. The molecule has 0 atom stereocenters. The van der Waals surface area contributed by atoms with Gasteiger partial charge in [0.25, 0.3) is 0 Å². The number of nitrogens with zero attached hydrogens (tertiary/aromatic N) is 2. The number of rotatable bonds is 18. The first-order valence-electron chi connectivity index (χ1n) is 25.4. The van der Waals surface area contributed by atoms with Crippen LogP contribution >= 0.6 is 0 Å². The summed E-state index contributed by atoms with van der Waals surface area (Å²) in [7, 11) is 0. The molecule has 0 heterocycles. The van der Waals surface area contributed by atoms with Crippen LogP contribution in [-0.4, -0.2) is 5.78 Å². The van der Waals surface area contributed by atoms with Gasteiger partial charge in [-0.05, 0) is 163 Å². The molecule has 0 saturated carbocycles. The zero-order valence-electron chi connectivity index (χ0n) is 44.3. The summed E-state index contributed by atoms with van der Waals surface area (Å²) in [6.07, 6.45) is 12.8. The van der Waals surface area contributed by atoms with E-state index in [0.717, 1.165) is 57.7 Å². The predicted molar refractivity (Wildman–Crippen MR) is 301 cm³/mol. The zero-order valence-corrected chi connectivity index (χ0v) is 44.3. The first-order chi connectivity index (χ1) is 36.4. The van der Waals surface area contributed by atoms with Gasteiger partial charge in [0.05, 0.1) is 11.1 Å². The zero-order chi connectivity index (χ0) is 54.3. The Bertz CT molecular complexity index is 3540. The van der Waals surface area contributed by atoms with E-state index < -0.39 is 11.2 Å². The Hall–Kier alpha value is -9.27. The van der Waals surface area contributed by atoms with Gasteiger partial charge in [0.15, 0.2) is 5.78 Å². The molecule has 0 aliphatic heterocycles. The van der Waals surface area contributed by atoms with Crippen LogP contribution in [0.15, 0.2) is 182 Å². The van der Waals surface area contributed by atoms with Crippen LogP contribution in [0.25, 0.3) is 0 Å². The van der Waals surface area contributed by atoms with Crippen molar-refractivity contribution in [3.05, 3.63) is 249 Å². The van der Waals surface area contributed by atoms with Crippen molar-refractivity contribution in [3.63, 3.8) is 0 Å². The van der Waals surface area contributed by atoms with Crippen molar-refractivity contribution >= 4 is 5.78 Å². The van der Waals surface area contributed by atoms with Gasteiger partial charge in [0.1, 0.15) is 57.8 Å². The Morgan fingerprint density at radius 1 is 0.408 bits per heavy atom. The second-order valence-corrected chi connectivity index (χ2v) is 20.4. The standard InChI is InChI=1S/C69H60N2O5/c1-11-47-43-58(23-17-51(47)45-70)69(13-3,14-4)76-63-41-30-56(31-42-63)67(7,8)53-24-35-60(36-25-53)73-59-32-18-50(19-33-59)65(72)49-15-21-57(22-16-49)68(9,10)75-62-39-28-55(29-40-62)66(5,6)54-26-37-61(38-27-54)74-64-34-20-52(46-71)48(12-2)44-64/h1-2,15-44H,13-14H2,3-10H3. The lowest BCUT2D eigenvalue weighted by molar-refractivity contribution is 0.0572. The van der Waals surface area contributed by atoms with E-state index in [1.807, 2.05) is 111 Å². The minimum absolute atomic E-state index is 0.0895. The molecule has 0 aliphatic rings. The van der Waals surface area contributed by atoms with E-state index in [4.69, 9.17) is 31.8 Å². The number of hydrogen-bond acceptors (Lipinski definition) is 7. The highest BCUT2D eigenvalue weighted by Gasteiger charge is 2.32. The molecule has 8 rings (SSSR count). The van der Waals surface area contributed by atoms with Crippen molar-refractivity contribution in [1.29, 1.82) is 10.5 Å². The number of hydrogen-bond donors (Lipinski definition) is 0. The molecule has 376 valence electrons. The van der Waals surface area contributed by atoms with Crippen LogP contribution in [0.4, 0.5) is 0 Å². The lowest BCUT2D eigenvalue weighted by atomic mass is 9.78. The van der Waals surface area contributed by atoms with Crippen LogP contribution in [0.1, 0.15) is 140 Å². The molecule has 0 radical (unpaired) electrons. The summed E-state index contributed by atoms with van der Waals surface area (Å²) in [5, 5.41) is 18.8. The predicted octanol–water partition coefficient (Wildman–Crippen LogP) is 16.3. The third-order valence-corrected chi connectivity index (χ3v) is 14.7. The molecule has 0 unspecified atom stereocenters. The van der Waals surface area contributed by atoms with Crippen molar-refractivity contribution < 1.29 is 23.7 Å². The average molecular weight is 997 g/mol. The van der Waals surface area contributed by atoms with Gasteiger partial charge in [0, 0.05) is 33.1 Å². The minimum atomic E-state index is -0.681. The molecule has 0 bridgehead atoms. The summed E-state index contributed by atoms with van der Waals surface area (Å²) in [5.74, 6) is 9.13. The molecule has 0 aliphatic carbocycles. The van der Waals surface area contributed by atoms with Crippen LogP contribution < -0.4 is 18.9 Å². The summed E-state index contributed by atoms with van der Waals surface area (Å²) in [6, 6.07) is 62.2. The largest absolute Gasteiger partial charge is 0.483 e. The number of terminal acetylenes is 2. The molecular formula is C69H60N2O5. The molecule has 7 heteroatoms. The van der Waals surface area contributed by atoms with Crippen LogP contribution in [0.3, 0.4) is 0 Å². The maximum Gasteiger partial charge on any atom is 0.193 e. The maximum absolute atomic E-state index is 13.7. The van der Waals surface area contributed by atoms with E-state index in [1.165, 1.54) is 0 Å². The highest BCUT2D eigenvalue weighted by Crippen LogP contribution is 2.40. The number of carbonyl (C=O) groups excluding carboxylic acids is 1. The quantitative estimate of drug-likeness (QED) is 0.0623. The van der Waals surface area contributed by atoms with Crippen molar-refractivity contribution in [3.8, 4) is 71.3 Å². The molecule has 0 amide bonds. The van der Waals surface area contributed by atoms with Gasteiger partial charge in [-0.3, -0.25) is 4.79 Å². The summed E-state index contributed by atoms with van der Waals surface area (Å²) < 4.78 is 25.5. The van der Waals surface area contributed by atoms with Crippen molar-refractivity contribution in [1.82, 2.24) is 0 Å². The van der Waals surface area contributed by atoms with Crippen molar-refractivity contribution in [2.24, 2.45) is 0 Å². The van der Waals surface area contributed by atoms with Crippen LogP contribution in [0, 0.1) is 47.3 Å². The molecule has 0 N–H and O–H groups in total. The Morgan fingerprint density at radius 2 is 0.737 bits per heavy atom. The van der Waals surface area contributed by atoms with Gasteiger partial charge < -0.3 is 18.9 Å². The molecule has 76 heavy (non-hydrogen) atoms. The second-order valence-electron chi connectivity index (χ2n) is 20.4. The fraction of sp³-hybridized carbons (Fsp3) is 0.203. The SMILES string of the molecule is C#Cc1cc(Oc2ccc(C(C)(C)c3ccc(OC(C)(C)c4ccc(C(=O)c5ccc(Oc6ccc(C(C)(C)c7ccc(OC(CC)(CC)c8ccc(C#N)c(C#C)c8)cc7)cc6)cc5)cc4)cc3)cc2)ccc1C#N. The summed E-state index contributed by atoms with van der Waals surface area (Å²) in [5.41, 5.74) is 7.57. The molecule has 8 aromatic rings. The first-order valence-corrected chi connectivity index (χ1v) is 25.4. The lowest BCUT2D eigenvalue weighted by Gasteiger charge is -2.34. The highest BCUT2D eigenvalue weighted by molar-refractivity contribution is 6.09. The van der Waals surface area contributed by atoms with Gasteiger partial charge in [-0.15, -0.1) is 12.8 Å². The van der Waals surface area contributed by atoms with Crippen LogP contribution in [-0.2, 0) is 22.0 Å². The van der Waals surface area contributed by atoms with E-state index in [9.17, 15) is 15.3 Å². The number of nitriles is 2. The number of ether oxygens (including phenoxy) is 4. The third kappa shape index (κ3) is 11.3. The monoisotopic (exact) mass is 996 g/mol. The normalized spacial score (nSPS) is 11.5. The van der Waals surface area contributed by atoms with E-state index in [-0.39, 0.29) is 16.6 Å². The second kappa shape index (κ2) is 22.1. The van der Waals surface area contributed by atoms with Crippen LogP contribution in [0.5, 0.6) is 34.5 Å². The Morgan fingerprint density at radius 3 is 1.16 bits per heavy atom. The molecule has 8 aromatic carbocycles. The molecular weight excluding hydrogens is 937 g/mol. The van der Waals surface area contributed by atoms with Gasteiger partial charge in [-0.1, -0.05) is 132 Å². The topological polar surface area (TPSA) is 102 Å². The molecule has 0 spiro atoms. The highest BCUT2D eigenvalue weighted by atomic mass is 16.5. The van der Waals surface area contributed by atoms with Crippen molar-refractivity contribution in [2.45, 2.75) is 90.3 Å². The third-order valence-electron chi connectivity index (χ3n) is 14.7. The maximum atomic E-state index is 13.7. The summed E-state index contributed by atoms with van der Waals surface area (Å²) in [6.45, 7) is 17.0. The summed E-state index contributed by atoms with van der Waals surface area (Å²) in [4.78, 5) is 13.7. The Labute approximate surface area is 448 Å². The lowest BCUT2D eigenvalue weighted by Crippen LogP contribution is -2.32. The molecule has 0 saturated heterocycles. The van der Waals surface area contributed by atoms with Gasteiger partial charge in [-0.2, -0.15) is 10.5 Å².